The molecule has 12 heteroatoms. The van der Waals surface area contributed by atoms with E-state index in [9.17, 15) is 31.1 Å². The summed E-state index contributed by atoms with van der Waals surface area (Å²) in [7, 11) is 0. The third-order valence-electron chi connectivity index (χ3n) is 3.83. The van der Waals surface area contributed by atoms with Crippen LogP contribution in [0.15, 0.2) is 30.7 Å². The minimum absolute atomic E-state index is 0.178. The van der Waals surface area contributed by atoms with Gasteiger partial charge in [-0.1, -0.05) is 0 Å². The van der Waals surface area contributed by atoms with Crippen molar-refractivity contribution >= 4 is 17.4 Å². The van der Waals surface area contributed by atoms with E-state index in [1.165, 1.54) is 24.5 Å². The number of amides is 1. The molecule has 0 bridgehead atoms. The molecule has 6 nitrogen and oxygen atoms in total. The smallest absolute Gasteiger partial charge is 0.395 e. The van der Waals surface area contributed by atoms with Crippen LogP contribution in [0.1, 0.15) is 21.5 Å². The second-order valence-electron chi connectivity index (χ2n) is 5.94. The Balaban J connectivity index is 2.60. The van der Waals surface area contributed by atoms with Gasteiger partial charge >= 0.3 is 12.4 Å². The molecule has 158 valence electrons. The minimum atomic E-state index is -4.87. The number of aliphatic hydroxyl groups is 1. The fourth-order valence-corrected chi connectivity index (χ4v) is 2.61. The first-order valence-electron chi connectivity index (χ1n) is 8.14. The van der Waals surface area contributed by atoms with E-state index in [2.05, 4.69) is 15.3 Å². The fraction of sp³-hybridized carbons (Fsp3) is 0.353. The zero-order chi connectivity index (χ0) is 21.8. The monoisotopic (exact) mass is 422 g/mol. The van der Waals surface area contributed by atoms with Crippen molar-refractivity contribution in [3.63, 3.8) is 0 Å². The molecule has 0 atom stereocenters. The third kappa shape index (κ3) is 5.79. The van der Waals surface area contributed by atoms with Gasteiger partial charge in [0.2, 0.25) is 0 Å². The third-order valence-corrected chi connectivity index (χ3v) is 3.83. The van der Waals surface area contributed by atoms with Crippen molar-refractivity contribution in [1.29, 1.82) is 0 Å². The van der Waals surface area contributed by atoms with Gasteiger partial charge in [0.15, 0.2) is 0 Å². The average molecular weight is 422 g/mol. The Morgan fingerprint density at radius 1 is 1.17 bits per heavy atom. The van der Waals surface area contributed by atoms with Crippen LogP contribution in [-0.4, -0.2) is 46.9 Å². The van der Waals surface area contributed by atoms with E-state index in [-0.39, 0.29) is 5.69 Å². The van der Waals surface area contributed by atoms with Crippen molar-refractivity contribution in [2.75, 3.05) is 29.9 Å². The number of anilines is 2. The number of aromatic nitrogens is 2. The molecule has 29 heavy (non-hydrogen) atoms. The van der Waals surface area contributed by atoms with Crippen LogP contribution < -0.4 is 10.2 Å². The molecule has 2 rings (SSSR count). The Bertz CT molecular complexity index is 855. The van der Waals surface area contributed by atoms with Gasteiger partial charge < -0.3 is 15.3 Å². The number of carbonyl (C=O) groups excluding carboxylic acids is 1. The summed E-state index contributed by atoms with van der Waals surface area (Å²) in [6.45, 7) is -1.96. The van der Waals surface area contributed by atoms with Crippen LogP contribution in [0, 0.1) is 6.92 Å². The Morgan fingerprint density at radius 2 is 1.79 bits per heavy atom. The Kier molecular flexibility index (Phi) is 6.67. The molecule has 0 radical (unpaired) electrons. The molecule has 0 aliphatic heterocycles. The number of nitrogens with zero attached hydrogens (tertiary/aromatic N) is 3. The summed E-state index contributed by atoms with van der Waals surface area (Å²) in [6, 6.07) is 2.71. The lowest BCUT2D eigenvalue weighted by Crippen LogP contribution is -2.38. The lowest BCUT2D eigenvalue weighted by Gasteiger charge is -2.27. The summed E-state index contributed by atoms with van der Waals surface area (Å²) < 4.78 is 78.5. The second kappa shape index (κ2) is 8.64. The maximum Gasteiger partial charge on any atom is 0.418 e. The summed E-state index contributed by atoms with van der Waals surface area (Å²) in [5.41, 5.74) is -2.33. The highest BCUT2D eigenvalue weighted by molar-refractivity contribution is 6.08. The standard InChI is InChI=1S/C17H16F6N4O2/c1-10-12(17(21,22)23)8-25-14(27(6-7-28)9-16(18,19)20)13(10)15(29)26-11-2-4-24-5-3-11/h2-5,8,28H,6-7,9H2,1H3,(H,24,26,29). The number of alkyl halides is 6. The molecule has 0 saturated carbocycles. The predicted octanol–water partition coefficient (Wildman–Crippen LogP) is 3.42. The second-order valence-corrected chi connectivity index (χ2v) is 5.94. The zero-order valence-corrected chi connectivity index (χ0v) is 15.0. The van der Waals surface area contributed by atoms with Crippen molar-refractivity contribution in [2.24, 2.45) is 0 Å². The first kappa shape index (κ1) is 22.4. The van der Waals surface area contributed by atoms with Crippen LogP contribution in [0.3, 0.4) is 0 Å². The number of rotatable bonds is 6. The predicted molar refractivity (Wildman–Crippen MR) is 91.5 cm³/mol. The van der Waals surface area contributed by atoms with Gasteiger partial charge in [-0.05, 0) is 24.6 Å². The lowest BCUT2D eigenvalue weighted by atomic mass is 10.0. The molecule has 0 aliphatic carbocycles. The van der Waals surface area contributed by atoms with E-state index >= 15 is 0 Å². The summed E-state index contributed by atoms with van der Waals surface area (Å²) in [5.74, 6) is -1.69. The van der Waals surface area contributed by atoms with Gasteiger partial charge in [0.25, 0.3) is 5.91 Å². The van der Waals surface area contributed by atoms with E-state index in [1.807, 2.05) is 0 Å². The lowest BCUT2D eigenvalue weighted by molar-refractivity contribution is -0.138. The van der Waals surface area contributed by atoms with Crippen LogP contribution in [0.2, 0.25) is 0 Å². The van der Waals surface area contributed by atoms with Crippen molar-refractivity contribution in [3.05, 3.63) is 47.4 Å². The normalized spacial score (nSPS) is 12.0. The number of halogens is 6. The maximum absolute atomic E-state index is 13.3. The van der Waals surface area contributed by atoms with Gasteiger partial charge in [-0.25, -0.2) is 4.98 Å². The van der Waals surface area contributed by atoms with E-state index in [1.54, 1.807) is 0 Å². The Labute approximate surface area is 161 Å². The quantitative estimate of drug-likeness (QED) is 0.698. The molecule has 0 aromatic carbocycles. The summed E-state index contributed by atoms with van der Waals surface area (Å²) >= 11 is 0. The van der Waals surface area contributed by atoms with Gasteiger partial charge in [-0.3, -0.25) is 9.78 Å². The molecule has 2 N–H and O–H groups in total. The van der Waals surface area contributed by atoms with Crippen LogP contribution in [0.4, 0.5) is 37.8 Å². The van der Waals surface area contributed by atoms with Crippen molar-refractivity contribution in [3.8, 4) is 0 Å². The highest BCUT2D eigenvalue weighted by Gasteiger charge is 2.38. The topological polar surface area (TPSA) is 78.3 Å². The van der Waals surface area contributed by atoms with Gasteiger partial charge in [-0.15, -0.1) is 0 Å². The Morgan fingerprint density at radius 3 is 2.31 bits per heavy atom. The summed E-state index contributed by atoms with van der Waals surface area (Å²) in [6.07, 6.45) is -6.61. The average Bonchev–Trinajstić information content (AvgIpc) is 2.59. The fourth-order valence-electron chi connectivity index (χ4n) is 2.61. The molecule has 0 fully saturated rings. The zero-order valence-electron chi connectivity index (χ0n) is 15.0. The van der Waals surface area contributed by atoms with Gasteiger partial charge in [0.05, 0.1) is 17.7 Å². The molecule has 2 aromatic rings. The number of hydrogen-bond donors (Lipinski definition) is 2. The van der Waals surface area contributed by atoms with Gasteiger partial charge in [-0.2, -0.15) is 26.3 Å². The van der Waals surface area contributed by atoms with E-state index in [4.69, 9.17) is 5.11 Å². The number of pyridine rings is 2. The number of hydrogen-bond acceptors (Lipinski definition) is 5. The molecule has 0 aliphatic rings. The number of nitrogens with one attached hydrogen (secondary N) is 1. The van der Waals surface area contributed by atoms with Crippen molar-refractivity contribution < 1.29 is 36.2 Å². The number of carbonyl (C=O) groups is 1. The Hall–Kier alpha value is -2.89. The molecule has 1 amide bonds. The SMILES string of the molecule is Cc1c(C(F)(F)F)cnc(N(CCO)CC(F)(F)F)c1C(=O)Nc1ccncc1. The highest BCUT2D eigenvalue weighted by Crippen LogP contribution is 2.36. The molecule has 2 heterocycles. The van der Waals surface area contributed by atoms with E-state index in [0.29, 0.717) is 11.1 Å². The van der Waals surface area contributed by atoms with E-state index in [0.717, 1.165) is 6.92 Å². The van der Waals surface area contributed by atoms with Gasteiger partial charge in [0.1, 0.15) is 12.4 Å². The van der Waals surface area contributed by atoms with Crippen molar-refractivity contribution in [2.45, 2.75) is 19.3 Å². The summed E-state index contributed by atoms with van der Waals surface area (Å²) in [5, 5.41) is 11.4. The minimum Gasteiger partial charge on any atom is -0.395 e. The molecule has 0 spiro atoms. The van der Waals surface area contributed by atoms with Crippen molar-refractivity contribution in [1.82, 2.24) is 9.97 Å². The van der Waals surface area contributed by atoms with Gasteiger partial charge in [0, 0.05) is 30.8 Å². The number of aliphatic hydroxyl groups excluding tert-OH is 1. The first-order valence-corrected chi connectivity index (χ1v) is 8.14. The molecular weight excluding hydrogens is 406 g/mol. The molecular formula is C17H16F6N4O2. The highest BCUT2D eigenvalue weighted by atomic mass is 19.4. The van der Waals surface area contributed by atoms with Crippen LogP contribution in [0.25, 0.3) is 0 Å². The molecule has 0 saturated heterocycles. The first-order chi connectivity index (χ1) is 13.4. The summed E-state index contributed by atoms with van der Waals surface area (Å²) in [4.78, 5) is 20.4. The van der Waals surface area contributed by atoms with E-state index < -0.39 is 60.5 Å². The molecule has 2 aromatic heterocycles. The largest absolute Gasteiger partial charge is 0.418 e. The van der Waals surface area contributed by atoms with Crippen LogP contribution in [0.5, 0.6) is 0 Å². The van der Waals surface area contributed by atoms with Crippen LogP contribution in [-0.2, 0) is 6.18 Å². The molecule has 0 unspecified atom stereocenters. The maximum atomic E-state index is 13.3. The van der Waals surface area contributed by atoms with Crippen LogP contribution >= 0.6 is 0 Å².